The minimum atomic E-state index is -0.0671. The van der Waals surface area contributed by atoms with Crippen molar-refractivity contribution in [1.82, 2.24) is 5.43 Å². The molecule has 0 bridgehead atoms. The van der Waals surface area contributed by atoms with Gasteiger partial charge in [-0.25, -0.2) is 5.43 Å². The van der Waals surface area contributed by atoms with Crippen molar-refractivity contribution in [1.29, 1.82) is 0 Å². The molecule has 0 saturated carbocycles. The van der Waals surface area contributed by atoms with Crippen LogP contribution in [0.2, 0.25) is 0 Å². The van der Waals surface area contributed by atoms with Crippen molar-refractivity contribution >= 4 is 23.0 Å². The molecule has 2 aliphatic carbocycles. The molecule has 0 radical (unpaired) electrons. The fourth-order valence-electron chi connectivity index (χ4n) is 2.84. The van der Waals surface area contributed by atoms with Gasteiger partial charge in [-0.05, 0) is 62.7 Å². The van der Waals surface area contributed by atoms with Crippen molar-refractivity contribution in [2.75, 3.05) is 0 Å². The second kappa shape index (κ2) is 5.52. The second-order valence-electron chi connectivity index (χ2n) is 5.94. The van der Waals surface area contributed by atoms with Crippen LogP contribution in [-0.4, -0.2) is 11.6 Å². The van der Waals surface area contributed by atoms with Gasteiger partial charge in [0.1, 0.15) is 0 Å². The van der Waals surface area contributed by atoms with Crippen molar-refractivity contribution in [3.05, 3.63) is 33.0 Å². The first-order valence-electron chi connectivity index (χ1n) is 7.27. The third-order valence-corrected chi connectivity index (χ3v) is 5.28. The third-order valence-electron chi connectivity index (χ3n) is 4.04. The number of nitrogens with zero attached hydrogens (tertiary/aromatic N) is 1. The van der Waals surface area contributed by atoms with Gasteiger partial charge in [0, 0.05) is 4.88 Å². The molecular formula is C16H20N2OS. The lowest BCUT2D eigenvalue weighted by atomic mass is 9.90. The van der Waals surface area contributed by atoms with Crippen molar-refractivity contribution in [3.8, 4) is 0 Å². The molecule has 0 unspecified atom stereocenters. The summed E-state index contributed by atoms with van der Waals surface area (Å²) in [4.78, 5) is 14.3. The van der Waals surface area contributed by atoms with Crippen LogP contribution < -0.4 is 5.43 Å². The van der Waals surface area contributed by atoms with E-state index in [1.165, 1.54) is 22.4 Å². The van der Waals surface area contributed by atoms with Crippen LogP contribution in [-0.2, 0) is 12.8 Å². The molecular weight excluding hydrogens is 268 g/mol. The van der Waals surface area contributed by atoms with Crippen molar-refractivity contribution in [2.24, 2.45) is 11.0 Å². The summed E-state index contributed by atoms with van der Waals surface area (Å²) in [7, 11) is 0. The lowest BCUT2D eigenvalue weighted by Crippen LogP contribution is -2.17. The number of carbonyl (C=O) groups is 1. The lowest BCUT2D eigenvalue weighted by Gasteiger charge is -2.16. The molecule has 0 fully saturated rings. The summed E-state index contributed by atoms with van der Waals surface area (Å²) in [5.74, 6) is 0.669. The molecule has 1 atom stereocenters. The first-order chi connectivity index (χ1) is 9.61. The van der Waals surface area contributed by atoms with Crippen LogP contribution in [0.4, 0.5) is 0 Å². The van der Waals surface area contributed by atoms with Crippen LogP contribution in [0.5, 0.6) is 0 Å². The molecule has 1 amide bonds. The van der Waals surface area contributed by atoms with E-state index in [4.69, 9.17) is 0 Å². The zero-order valence-electron chi connectivity index (χ0n) is 12.0. The standard InChI is InChI=1S/C16H20N2OS/c1-10-4-6-14-12(7-10)9-15(20-14)16(19)18-17-13-5-3-11(2)8-13/h8-10H,3-7H2,1-2H3,(H,18,19)/b17-13-/t10-/m1/s1. The summed E-state index contributed by atoms with van der Waals surface area (Å²) < 4.78 is 0. The number of fused-ring (bicyclic) bond motifs is 1. The smallest absolute Gasteiger partial charge is 0.266 e. The molecule has 1 N–H and O–H groups in total. The van der Waals surface area contributed by atoms with Crippen molar-refractivity contribution in [2.45, 2.75) is 46.0 Å². The van der Waals surface area contributed by atoms with Gasteiger partial charge < -0.3 is 0 Å². The summed E-state index contributed by atoms with van der Waals surface area (Å²) >= 11 is 1.63. The lowest BCUT2D eigenvalue weighted by molar-refractivity contribution is 0.0959. The Bertz CT molecular complexity index is 598. The van der Waals surface area contributed by atoms with E-state index in [2.05, 4.69) is 36.5 Å². The number of aryl methyl sites for hydroxylation is 1. The van der Waals surface area contributed by atoms with Gasteiger partial charge in [-0.15, -0.1) is 11.3 Å². The highest BCUT2D eigenvalue weighted by Gasteiger charge is 2.20. The molecule has 0 saturated heterocycles. The summed E-state index contributed by atoms with van der Waals surface area (Å²) in [5.41, 5.74) is 6.37. The number of allylic oxidation sites excluding steroid dienone is 2. The Morgan fingerprint density at radius 3 is 3.00 bits per heavy atom. The minimum Gasteiger partial charge on any atom is -0.266 e. The van der Waals surface area contributed by atoms with Gasteiger partial charge >= 0.3 is 0 Å². The number of carbonyl (C=O) groups excluding carboxylic acids is 1. The van der Waals surface area contributed by atoms with Crippen LogP contribution in [0.15, 0.2) is 22.8 Å². The van der Waals surface area contributed by atoms with Gasteiger partial charge in [-0.2, -0.15) is 5.10 Å². The maximum absolute atomic E-state index is 12.2. The molecule has 3 nitrogen and oxygen atoms in total. The van der Waals surface area contributed by atoms with Crippen molar-refractivity contribution in [3.63, 3.8) is 0 Å². The first kappa shape index (κ1) is 13.6. The second-order valence-corrected chi connectivity index (χ2v) is 7.08. The molecule has 20 heavy (non-hydrogen) atoms. The molecule has 4 heteroatoms. The third kappa shape index (κ3) is 2.85. The molecule has 1 aromatic rings. The predicted molar refractivity (Wildman–Crippen MR) is 83.4 cm³/mol. The van der Waals surface area contributed by atoms with E-state index in [0.29, 0.717) is 0 Å². The summed E-state index contributed by atoms with van der Waals surface area (Å²) in [6.45, 7) is 4.37. The summed E-state index contributed by atoms with van der Waals surface area (Å²) in [5, 5.41) is 4.22. The topological polar surface area (TPSA) is 41.5 Å². The van der Waals surface area contributed by atoms with E-state index >= 15 is 0 Å². The number of thiophene rings is 1. The van der Waals surface area contributed by atoms with E-state index < -0.39 is 0 Å². The van der Waals surface area contributed by atoms with Gasteiger partial charge in [0.2, 0.25) is 0 Å². The zero-order chi connectivity index (χ0) is 14.1. The molecule has 1 aromatic heterocycles. The van der Waals surface area contributed by atoms with Gasteiger partial charge in [0.05, 0.1) is 10.6 Å². The van der Waals surface area contributed by atoms with Crippen LogP contribution in [0, 0.1) is 5.92 Å². The largest absolute Gasteiger partial charge is 0.281 e. The first-order valence-corrected chi connectivity index (χ1v) is 8.09. The quantitative estimate of drug-likeness (QED) is 0.828. The fraction of sp³-hybridized carbons (Fsp3) is 0.500. The number of amides is 1. The molecule has 0 aliphatic heterocycles. The number of hydrogen-bond donors (Lipinski definition) is 1. The van der Waals surface area contributed by atoms with Gasteiger partial charge in [0.25, 0.3) is 5.91 Å². The van der Waals surface area contributed by atoms with E-state index in [1.807, 2.05) is 0 Å². The minimum absolute atomic E-state index is 0.0671. The average molecular weight is 288 g/mol. The van der Waals surface area contributed by atoms with E-state index in [-0.39, 0.29) is 5.91 Å². The highest BCUT2D eigenvalue weighted by molar-refractivity contribution is 7.14. The molecule has 2 aliphatic rings. The fourth-order valence-corrected chi connectivity index (χ4v) is 3.94. The highest BCUT2D eigenvalue weighted by atomic mass is 32.1. The maximum atomic E-state index is 12.2. The molecule has 3 rings (SSSR count). The average Bonchev–Trinajstić information content (AvgIpc) is 3.01. The monoisotopic (exact) mass is 288 g/mol. The predicted octanol–water partition coefficient (Wildman–Crippen LogP) is 3.70. The van der Waals surface area contributed by atoms with E-state index in [1.54, 1.807) is 11.3 Å². The van der Waals surface area contributed by atoms with Gasteiger partial charge in [-0.1, -0.05) is 12.5 Å². The Hall–Kier alpha value is -1.42. The normalized spacial score (nSPS) is 23.6. The van der Waals surface area contributed by atoms with Gasteiger partial charge in [0.15, 0.2) is 0 Å². The molecule has 1 heterocycles. The Kier molecular flexibility index (Phi) is 3.74. The van der Waals surface area contributed by atoms with Crippen LogP contribution in [0.1, 0.15) is 53.2 Å². The number of hydrazone groups is 1. The number of rotatable bonds is 2. The highest BCUT2D eigenvalue weighted by Crippen LogP contribution is 2.32. The Labute approximate surface area is 123 Å². The number of hydrogen-bond acceptors (Lipinski definition) is 3. The summed E-state index contributed by atoms with van der Waals surface area (Å²) in [6, 6.07) is 2.06. The SMILES string of the molecule is CC1=C/C(=N\NC(=O)c2cc3c(s2)CC[C@@H](C)C3)CC1. The molecule has 106 valence electrons. The van der Waals surface area contributed by atoms with Crippen LogP contribution >= 0.6 is 11.3 Å². The van der Waals surface area contributed by atoms with Crippen molar-refractivity contribution < 1.29 is 4.79 Å². The summed E-state index contributed by atoms with van der Waals surface area (Å²) in [6.07, 6.45) is 7.51. The Balaban J connectivity index is 1.69. The molecule has 0 spiro atoms. The van der Waals surface area contributed by atoms with E-state index in [9.17, 15) is 4.79 Å². The van der Waals surface area contributed by atoms with Crippen LogP contribution in [0.3, 0.4) is 0 Å². The Morgan fingerprint density at radius 2 is 2.25 bits per heavy atom. The van der Waals surface area contributed by atoms with Crippen LogP contribution in [0.25, 0.3) is 0 Å². The number of nitrogens with one attached hydrogen (secondary N) is 1. The zero-order valence-corrected chi connectivity index (χ0v) is 12.8. The molecule has 0 aromatic carbocycles. The van der Waals surface area contributed by atoms with E-state index in [0.717, 1.165) is 42.2 Å². The Morgan fingerprint density at radius 1 is 1.40 bits per heavy atom. The van der Waals surface area contributed by atoms with Gasteiger partial charge in [-0.3, -0.25) is 4.79 Å². The maximum Gasteiger partial charge on any atom is 0.281 e.